The maximum Gasteiger partial charge on any atom is 0.338 e. The van der Waals surface area contributed by atoms with Crippen molar-refractivity contribution in [2.45, 2.75) is 56.5 Å². The van der Waals surface area contributed by atoms with E-state index in [1.165, 1.54) is 21.3 Å². The van der Waals surface area contributed by atoms with E-state index >= 15 is 0 Å². The fraction of sp³-hybridized carbons (Fsp3) is 0.684. The van der Waals surface area contributed by atoms with Crippen LogP contribution in [0.2, 0.25) is 0 Å². The fourth-order valence-electron chi connectivity index (χ4n) is 3.67. The van der Waals surface area contributed by atoms with E-state index in [1.807, 2.05) is 44.2 Å². The van der Waals surface area contributed by atoms with Gasteiger partial charge >= 0.3 is 7.60 Å². The first-order chi connectivity index (χ1) is 13.3. The summed E-state index contributed by atoms with van der Waals surface area (Å²) in [5, 5.41) is 0. The molecule has 8 nitrogen and oxygen atoms in total. The monoisotopic (exact) mass is 416 g/mol. The lowest BCUT2D eigenvalue weighted by molar-refractivity contribution is -0.228. The second-order valence-corrected chi connectivity index (χ2v) is 9.72. The quantitative estimate of drug-likeness (QED) is 0.569. The van der Waals surface area contributed by atoms with Crippen molar-refractivity contribution in [1.29, 1.82) is 0 Å². The zero-order valence-corrected chi connectivity index (χ0v) is 17.8. The summed E-state index contributed by atoms with van der Waals surface area (Å²) in [6, 6.07) is 9.73. The Bertz CT molecular complexity index is 674. The lowest BCUT2D eigenvalue weighted by Gasteiger charge is -2.31. The van der Waals surface area contributed by atoms with Gasteiger partial charge in [-0.3, -0.25) is 4.57 Å². The predicted octanol–water partition coefficient (Wildman–Crippen LogP) is 2.95. The van der Waals surface area contributed by atoms with Crippen LogP contribution in [0.3, 0.4) is 0 Å². The van der Waals surface area contributed by atoms with Crippen LogP contribution in [-0.4, -0.2) is 64.0 Å². The summed E-state index contributed by atoms with van der Waals surface area (Å²) in [7, 11) is 0.706. The highest BCUT2D eigenvalue weighted by Crippen LogP contribution is 2.56. The maximum atomic E-state index is 13.3. The standard InChI is InChI=1S/C19H29O8P/c1-19(2)26-16-15(25-18(21-3)17(16)27-19)14(28(20,22-4)23-5)12-24-11-13-9-7-6-8-10-13/h6-10,14-18H,11-12H2,1-5H3/t14-,15-,16+,17+,18+/m1/s1. The first-order valence-electron chi connectivity index (χ1n) is 9.20. The Balaban J connectivity index is 1.79. The summed E-state index contributed by atoms with van der Waals surface area (Å²) in [6.45, 7) is 4.11. The van der Waals surface area contributed by atoms with E-state index in [9.17, 15) is 4.57 Å². The molecule has 0 saturated carbocycles. The number of hydrogen-bond donors (Lipinski definition) is 0. The van der Waals surface area contributed by atoms with Crippen molar-refractivity contribution in [2.75, 3.05) is 27.9 Å². The second-order valence-electron chi connectivity index (χ2n) is 7.24. The zero-order chi connectivity index (χ0) is 20.4. The molecule has 0 amide bonds. The normalized spacial score (nSPS) is 30.3. The van der Waals surface area contributed by atoms with Crippen LogP contribution in [0.1, 0.15) is 19.4 Å². The van der Waals surface area contributed by atoms with Crippen LogP contribution < -0.4 is 0 Å². The predicted molar refractivity (Wildman–Crippen MR) is 101 cm³/mol. The first-order valence-corrected chi connectivity index (χ1v) is 10.8. The molecule has 0 radical (unpaired) electrons. The lowest BCUT2D eigenvalue weighted by atomic mass is 10.1. The molecule has 0 bridgehead atoms. The van der Waals surface area contributed by atoms with E-state index in [2.05, 4.69) is 0 Å². The summed E-state index contributed by atoms with van der Waals surface area (Å²) < 4.78 is 53.1. The van der Waals surface area contributed by atoms with Gasteiger partial charge in [-0.1, -0.05) is 30.3 Å². The molecule has 0 aromatic heterocycles. The van der Waals surface area contributed by atoms with Crippen LogP contribution in [-0.2, 0) is 43.9 Å². The van der Waals surface area contributed by atoms with Crippen molar-refractivity contribution in [2.24, 2.45) is 0 Å². The molecule has 2 aliphatic rings. The van der Waals surface area contributed by atoms with Gasteiger partial charge in [0.15, 0.2) is 12.1 Å². The molecule has 3 rings (SSSR count). The molecule has 9 heteroatoms. The molecule has 2 fully saturated rings. The third-order valence-corrected chi connectivity index (χ3v) is 7.25. The van der Waals surface area contributed by atoms with Gasteiger partial charge in [0.1, 0.15) is 24.0 Å². The van der Waals surface area contributed by atoms with Crippen LogP contribution in [0.4, 0.5) is 0 Å². The molecule has 2 heterocycles. The molecule has 0 unspecified atom stereocenters. The number of rotatable bonds is 9. The van der Waals surface area contributed by atoms with E-state index in [0.717, 1.165) is 5.56 Å². The van der Waals surface area contributed by atoms with Gasteiger partial charge in [-0.15, -0.1) is 0 Å². The van der Waals surface area contributed by atoms with E-state index in [-0.39, 0.29) is 6.61 Å². The summed E-state index contributed by atoms with van der Waals surface area (Å²) in [5.74, 6) is -0.798. The van der Waals surface area contributed by atoms with Crippen LogP contribution >= 0.6 is 7.60 Å². The highest BCUT2D eigenvalue weighted by Gasteiger charge is 2.60. The van der Waals surface area contributed by atoms with Crippen molar-refractivity contribution in [3.8, 4) is 0 Å². The van der Waals surface area contributed by atoms with Gasteiger partial charge in [0.2, 0.25) is 0 Å². The molecule has 5 atom stereocenters. The molecule has 2 aliphatic heterocycles. The number of ether oxygens (including phenoxy) is 5. The molecule has 0 N–H and O–H groups in total. The molecule has 28 heavy (non-hydrogen) atoms. The second kappa shape index (κ2) is 8.90. The Kier molecular flexibility index (Phi) is 6.95. The minimum absolute atomic E-state index is 0.0992. The number of benzene rings is 1. The smallest absolute Gasteiger partial charge is 0.338 e. The highest BCUT2D eigenvalue weighted by molar-refractivity contribution is 7.54. The Morgan fingerprint density at radius 1 is 1.07 bits per heavy atom. The average molecular weight is 416 g/mol. The Hall–Kier alpha value is -0.830. The minimum atomic E-state index is -3.53. The fourth-order valence-corrected chi connectivity index (χ4v) is 5.25. The van der Waals surface area contributed by atoms with E-state index in [0.29, 0.717) is 6.61 Å². The van der Waals surface area contributed by atoms with Gasteiger partial charge < -0.3 is 32.7 Å². The highest BCUT2D eigenvalue weighted by atomic mass is 31.2. The van der Waals surface area contributed by atoms with Gasteiger partial charge in [0, 0.05) is 21.3 Å². The van der Waals surface area contributed by atoms with Crippen LogP contribution in [0.5, 0.6) is 0 Å². The average Bonchev–Trinajstić information content (AvgIpc) is 3.18. The van der Waals surface area contributed by atoms with Crippen molar-refractivity contribution < 1.29 is 37.3 Å². The van der Waals surface area contributed by atoms with E-state index in [4.69, 9.17) is 32.7 Å². The lowest BCUT2D eigenvalue weighted by Crippen LogP contribution is -2.41. The SMILES string of the molecule is CO[C@H]1O[C@H]([C@@H](COCc2ccccc2)P(=O)(OC)OC)[C@@H]2OC(C)(C)O[C@H]12. The number of hydrogen-bond acceptors (Lipinski definition) is 8. The largest absolute Gasteiger partial charge is 0.376 e. The molecular weight excluding hydrogens is 387 g/mol. The number of methoxy groups -OCH3 is 1. The van der Waals surface area contributed by atoms with Crippen molar-refractivity contribution in [3.05, 3.63) is 35.9 Å². The van der Waals surface area contributed by atoms with Crippen LogP contribution in [0.25, 0.3) is 0 Å². The molecule has 1 aromatic carbocycles. The summed E-state index contributed by atoms with van der Waals surface area (Å²) >= 11 is 0. The summed E-state index contributed by atoms with van der Waals surface area (Å²) in [4.78, 5) is 0. The topological polar surface area (TPSA) is 81.7 Å². The maximum absolute atomic E-state index is 13.3. The van der Waals surface area contributed by atoms with Gasteiger partial charge in [0.25, 0.3) is 0 Å². The third-order valence-electron chi connectivity index (χ3n) is 4.97. The number of fused-ring (bicyclic) bond motifs is 1. The molecule has 158 valence electrons. The molecule has 1 aromatic rings. The van der Waals surface area contributed by atoms with Crippen molar-refractivity contribution >= 4 is 7.60 Å². The molecule has 2 saturated heterocycles. The molecular formula is C19H29O8P. The van der Waals surface area contributed by atoms with Crippen LogP contribution in [0.15, 0.2) is 30.3 Å². The Morgan fingerprint density at radius 3 is 2.32 bits per heavy atom. The van der Waals surface area contributed by atoms with Gasteiger partial charge in [-0.05, 0) is 19.4 Å². The van der Waals surface area contributed by atoms with E-state index < -0.39 is 43.6 Å². The van der Waals surface area contributed by atoms with Crippen molar-refractivity contribution in [3.63, 3.8) is 0 Å². The van der Waals surface area contributed by atoms with Gasteiger partial charge in [0.05, 0.1) is 13.2 Å². The van der Waals surface area contributed by atoms with E-state index in [1.54, 1.807) is 0 Å². The summed E-state index contributed by atoms with van der Waals surface area (Å²) in [5.41, 5.74) is 0.295. The van der Waals surface area contributed by atoms with Gasteiger partial charge in [-0.2, -0.15) is 0 Å². The first kappa shape index (κ1) is 21.9. The van der Waals surface area contributed by atoms with Crippen molar-refractivity contribution in [1.82, 2.24) is 0 Å². The molecule has 0 aliphatic carbocycles. The third kappa shape index (κ3) is 4.50. The van der Waals surface area contributed by atoms with Crippen LogP contribution in [0, 0.1) is 0 Å². The molecule has 0 spiro atoms. The van der Waals surface area contributed by atoms with Gasteiger partial charge in [-0.25, -0.2) is 0 Å². The zero-order valence-electron chi connectivity index (χ0n) is 16.9. The Morgan fingerprint density at radius 2 is 1.71 bits per heavy atom. The minimum Gasteiger partial charge on any atom is -0.376 e. The Labute approximate surface area is 165 Å². The summed E-state index contributed by atoms with van der Waals surface area (Å²) in [6.07, 6.45) is -2.21.